The molecule has 2 atom stereocenters. The minimum atomic E-state index is -0.195. The number of nitrogens with one attached hydrogen (secondary N) is 1. The second-order valence-corrected chi connectivity index (χ2v) is 5.28. The zero-order valence-corrected chi connectivity index (χ0v) is 11.6. The first-order valence-electron chi connectivity index (χ1n) is 5.95. The Morgan fingerprint density at radius 1 is 1.50 bits per heavy atom. The maximum atomic E-state index is 12.0. The van der Waals surface area contributed by atoms with Gasteiger partial charge in [0.15, 0.2) is 0 Å². The van der Waals surface area contributed by atoms with Gasteiger partial charge >= 0.3 is 0 Å². The molecule has 2 rings (SSSR count). The molecule has 3 nitrogen and oxygen atoms in total. The van der Waals surface area contributed by atoms with Crippen LogP contribution in [0.1, 0.15) is 30.1 Å². The smallest absolute Gasteiger partial charge is 0.253 e. The summed E-state index contributed by atoms with van der Waals surface area (Å²) < 4.78 is 5.53. The van der Waals surface area contributed by atoms with E-state index in [0.29, 0.717) is 15.6 Å². The maximum absolute atomic E-state index is 12.0. The van der Waals surface area contributed by atoms with Crippen molar-refractivity contribution in [3.8, 4) is 0 Å². The number of hydrogen-bond donors (Lipinski definition) is 1. The van der Waals surface area contributed by atoms with Crippen LogP contribution >= 0.6 is 23.2 Å². The lowest BCUT2D eigenvalue weighted by atomic mass is 10.1. The number of hydrogen-bond acceptors (Lipinski definition) is 2. The third kappa shape index (κ3) is 3.16. The SMILES string of the molecule is C[C@H](NC(=O)c1ccc(Cl)cc1Cl)[C@@H]1CCCO1. The Morgan fingerprint density at radius 3 is 2.89 bits per heavy atom. The highest BCUT2D eigenvalue weighted by Crippen LogP contribution is 2.21. The molecule has 0 aromatic heterocycles. The predicted molar refractivity (Wildman–Crippen MR) is 72.4 cm³/mol. The van der Waals surface area contributed by atoms with E-state index in [4.69, 9.17) is 27.9 Å². The summed E-state index contributed by atoms with van der Waals surface area (Å²) in [4.78, 5) is 12.0. The summed E-state index contributed by atoms with van der Waals surface area (Å²) in [6.45, 7) is 2.71. The predicted octanol–water partition coefficient (Wildman–Crippen LogP) is 3.29. The van der Waals surface area contributed by atoms with Crippen molar-refractivity contribution in [3.05, 3.63) is 33.8 Å². The molecule has 1 aromatic rings. The molecule has 18 heavy (non-hydrogen) atoms. The molecule has 0 aliphatic carbocycles. The second-order valence-electron chi connectivity index (χ2n) is 4.44. The number of rotatable bonds is 3. The van der Waals surface area contributed by atoms with Crippen molar-refractivity contribution in [2.24, 2.45) is 0 Å². The van der Waals surface area contributed by atoms with Crippen molar-refractivity contribution >= 4 is 29.1 Å². The van der Waals surface area contributed by atoms with Gasteiger partial charge in [0, 0.05) is 11.6 Å². The maximum Gasteiger partial charge on any atom is 0.253 e. The minimum absolute atomic E-state index is 0.0215. The van der Waals surface area contributed by atoms with Crippen LogP contribution in [0.15, 0.2) is 18.2 Å². The van der Waals surface area contributed by atoms with E-state index in [1.54, 1.807) is 18.2 Å². The van der Waals surface area contributed by atoms with Gasteiger partial charge in [-0.3, -0.25) is 4.79 Å². The standard InChI is InChI=1S/C13H15Cl2NO2/c1-8(12-3-2-6-18-12)16-13(17)10-5-4-9(14)7-11(10)15/h4-5,7-8,12H,2-3,6H2,1H3,(H,16,17)/t8-,12-/m0/s1. The first-order chi connectivity index (χ1) is 8.58. The van der Waals surface area contributed by atoms with Crippen LogP contribution in [-0.2, 0) is 4.74 Å². The van der Waals surface area contributed by atoms with Gasteiger partial charge in [-0.15, -0.1) is 0 Å². The van der Waals surface area contributed by atoms with E-state index >= 15 is 0 Å². The summed E-state index contributed by atoms with van der Waals surface area (Å²) in [5.74, 6) is -0.195. The summed E-state index contributed by atoms with van der Waals surface area (Å²) in [5.41, 5.74) is 0.436. The first kappa shape index (κ1) is 13.7. The molecule has 0 saturated carbocycles. The van der Waals surface area contributed by atoms with Gasteiger partial charge in [0.1, 0.15) is 0 Å². The fourth-order valence-electron chi connectivity index (χ4n) is 2.05. The van der Waals surface area contributed by atoms with Crippen LogP contribution in [0.2, 0.25) is 10.0 Å². The molecule has 0 bridgehead atoms. The molecule has 1 fully saturated rings. The Labute approximate surface area is 116 Å². The number of halogens is 2. The number of ether oxygens (including phenoxy) is 1. The van der Waals surface area contributed by atoms with Crippen molar-refractivity contribution < 1.29 is 9.53 Å². The van der Waals surface area contributed by atoms with Gasteiger partial charge in [-0.1, -0.05) is 23.2 Å². The third-order valence-corrected chi connectivity index (χ3v) is 3.60. The quantitative estimate of drug-likeness (QED) is 0.926. The average molecular weight is 288 g/mol. The van der Waals surface area contributed by atoms with Crippen LogP contribution in [0, 0.1) is 0 Å². The summed E-state index contributed by atoms with van der Waals surface area (Å²) in [5, 5.41) is 3.78. The molecule has 1 N–H and O–H groups in total. The monoisotopic (exact) mass is 287 g/mol. The van der Waals surface area contributed by atoms with E-state index in [1.165, 1.54) is 0 Å². The Kier molecular flexibility index (Phi) is 4.49. The van der Waals surface area contributed by atoms with E-state index in [-0.39, 0.29) is 18.1 Å². The van der Waals surface area contributed by atoms with Crippen LogP contribution in [-0.4, -0.2) is 24.7 Å². The number of carbonyl (C=O) groups excluding carboxylic acids is 1. The summed E-state index contributed by atoms with van der Waals surface area (Å²) in [6.07, 6.45) is 2.13. The largest absolute Gasteiger partial charge is 0.376 e. The molecular weight excluding hydrogens is 273 g/mol. The highest BCUT2D eigenvalue weighted by atomic mass is 35.5. The Bertz CT molecular complexity index is 445. The molecule has 1 heterocycles. The minimum Gasteiger partial charge on any atom is -0.376 e. The van der Waals surface area contributed by atoms with Crippen LogP contribution < -0.4 is 5.32 Å². The molecule has 98 valence electrons. The lowest BCUT2D eigenvalue weighted by Gasteiger charge is -2.20. The van der Waals surface area contributed by atoms with Crippen molar-refractivity contribution in [3.63, 3.8) is 0 Å². The van der Waals surface area contributed by atoms with Crippen LogP contribution in [0.25, 0.3) is 0 Å². The summed E-state index contributed by atoms with van der Waals surface area (Å²) >= 11 is 11.8. The lowest BCUT2D eigenvalue weighted by Crippen LogP contribution is -2.40. The molecule has 1 amide bonds. The van der Waals surface area contributed by atoms with Gasteiger partial charge in [0.05, 0.1) is 22.7 Å². The normalized spacial score (nSPS) is 20.7. The van der Waals surface area contributed by atoms with E-state index < -0.39 is 0 Å². The van der Waals surface area contributed by atoms with Gasteiger partial charge in [-0.05, 0) is 38.0 Å². The molecule has 0 spiro atoms. The molecule has 1 saturated heterocycles. The number of benzene rings is 1. The lowest BCUT2D eigenvalue weighted by molar-refractivity contribution is 0.0712. The molecule has 1 aliphatic heterocycles. The zero-order valence-electron chi connectivity index (χ0n) is 10.1. The molecule has 0 unspecified atom stereocenters. The summed E-state index contributed by atoms with van der Waals surface area (Å²) in [7, 11) is 0. The van der Waals surface area contributed by atoms with Crippen LogP contribution in [0.4, 0.5) is 0 Å². The number of amides is 1. The summed E-state index contributed by atoms with van der Waals surface area (Å²) in [6, 6.07) is 4.82. The van der Waals surface area contributed by atoms with Crippen LogP contribution in [0.3, 0.4) is 0 Å². The van der Waals surface area contributed by atoms with Crippen molar-refractivity contribution in [2.45, 2.75) is 31.9 Å². The molecule has 0 radical (unpaired) electrons. The Morgan fingerprint density at radius 2 is 2.28 bits per heavy atom. The van der Waals surface area contributed by atoms with Gasteiger partial charge in [0.25, 0.3) is 5.91 Å². The van der Waals surface area contributed by atoms with Crippen molar-refractivity contribution in [1.82, 2.24) is 5.32 Å². The molecular formula is C13H15Cl2NO2. The van der Waals surface area contributed by atoms with Gasteiger partial charge in [-0.25, -0.2) is 0 Å². The fourth-order valence-corrected chi connectivity index (χ4v) is 2.54. The zero-order chi connectivity index (χ0) is 13.1. The first-order valence-corrected chi connectivity index (χ1v) is 6.71. The van der Waals surface area contributed by atoms with E-state index in [9.17, 15) is 4.79 Å². The highest BCUT2D eigenvalue weighted by molar-refractivity contribution is 6.36. The highest BCUT2D eigenvalue weighted by Gasteiger charge is 2.24. The average Bonchev–Trinajstić information content (AvgIpc) is 2.81. The number of carbonyl (C=O) groups is 1. The van der Waals surface area contributed by atoms with E-state index in [0.717, 1.165) is 19.4 Å². The Hall–Kier alpha value is -0.770. The molecule has 1 aliphatic rings. The second kappa shape index (κ2) is 5.91. The van der Waals surface area contributed by atoms with Crippen LogP contribution in [0.5, 0.6) is 0 Å². The van der Waals surface area contributed by atoms with Crippen molar-refractivity contribution in [1.29, 1.82) is 0 Å². The van der Waals surface area contributed by atoms with E-state index in [2.05, 4.69) is 5.32 Å². The van der Waals surface area contributed by atoms with Gasteiger partial charge in [-0.2, -0.15) is 0 Å². The topological polar surface area (TPSA) is 38.3 Å². The van der Waals surface area contributed by atoms with Gasteiger partial charge < -0.3 is 10.1 Å². The van der Waals surface area contributed by atoms with E-state index in [1.807, 2.05) is 6.92 Å². The van der Waals surface area contributed by atoms with Crippen molar-refractivity contribution in [2.75, 3.05) is 6.61 Å². The fraction of sp³-hybridized carbons (Fsp3) is 0.462. The Balaban J connectivity index is 2.02. The third-order valence-electron chi connectivity index (χ3n) is 3.06. The van der Waals surface area contributed by atoms with Gasteiger partial charge in [0.2, 0.25) is 0 Å². The molecule has 5 heteroatoms. The molecule has 1 aromatic carbocycles.